The molecule has 1 N–H and O–H groups in total. The maximum absolute atomic E-state index is 9.79. The minimum absolute atomic E-state index is 0.133. The van der Waals surface area contributed by atoms with Crippen molar-refractivity contribution in [3.8, 4) is 16.9 Å². The third kappa shape index (κ3) is 1.61. The van der Waals surface area contributed by atoms with Crippen molar-refractivity contribution < 1.29 is 5.11 Å². The summed E-state index contributed by atoms with van der Waals surface area (Å²) in [5.74, 6) is 0.358. The van der Waals surface area contributed by atoms with Crippen LogP contribution in [0.4, 0.5) is 0 Å². The van der Waals surface area contributed by atoms with E-state index >= 15 is 0 Å². The van der Waals surface area contributed by atoms with Gasteiger partial charge in [0.25, 0.3) is 0 Å². The van der Waals surface area contributed by atoms with Gasteiger partial charge in [-0.25, -0.2) is 0 Å². The van der Waals surface area contributed by atoms with Crippen molar-refractivity contribution in [3.63, 3.8) is 0 Å². The summed E-state index contributed by atoms with van der Waals surface area (Å²) in [6, 6.07) is 14.5. The van der Waals surface area contributed by atoms with Crippen LogP contribution in [0.2, 0.25) is 0 Å². The van der Waals surface area contributed by atoms with Gasteiger partial charge >= 0.3 is 0 Å². The monoisotopic (exact) mass is 252 g/mol. The number of fused-ring (bicyclic) bond motifs is 3. The third-order valence-electron chi connectivity index (χ3n) is 4.53. The largest absolute Gasteiger partial charge is 0.508 e. The molecule has 0 radical (unpaired) electrons. The molecule has 1 aliphatic carbocycles. The molecule has 3 rings (SSSR count). The van der Waals surface area contributed by atoms with Gasteiger partial charge in [0.2, 0.25) is 0 Å². The number of benzene rings is 2. The second kappa shape index (κ2) is 4.41. The van der Waals surface area contributed by atoms with E-state index in [9.17, 15) is 5.11 Å². The van der Waals surface area contributed by atoms with Gasteiger partial charge < -0.3 is 5.11 Å². The first kappa shape index (κ1) is 12.3. The Morgan fingerprint density at radius 3 is 2.42 bits per heavy atom. The van der Waals surface area contributed by atoms with Crippen molar-refractivity contribution in [3.05, 3.63) is 53.6 Å². The molecule has 0 fully saturated rings. The molecule has 1 aliphatic rings. The summed E-state index contributed by atoms with van der Waals surface area (Å²) in [4.78, 5) is 0. The van der Waals surface area contributed by atoms with Gasteiger partial charge in [-0.1, -0.05) is 50.6 Å². The lowest BCUT2D eigenvalue weighted by Gasteiger charge is -2.30. The Morgan fingerprint density at radius 1 is 0.947 bits per heavy atom. The Bertz CT molecular complexity index is 615. The van der Waals surface area contributed by atoms with Gasteiger partial charge in [0.1, 0.15) is 5.75 Å². The highest BCUT2D eigenvalue weighted by Gasteiger charge is 2.40. The second-order valence-corrected chi connectivity index (χ2v) is 5.46. The predicted octanol–water partition coefficient (Wildman–Crippen LogP) is 4.87. The third-order valence-corrected chi connectivity index (χ3v) is 4.53. The van der Waals surface area contributed by atoms with Crippen LogP contribution in [0.15, 0.2) is 42.5 Å². The number of phenolic OH excluding ortho intramolecular Hbond substituents is 1. The standard InChI is InChI=1S/C18H20O/c1-3-11-18(4-2)16-8-6-5-7-14(16)15-12-13(19)9-10-17(15)18/h5-10,12,19H,3-4,11H2,1-2H3. The minimum atomic E-state index is 0.133. The minimum Gasteiger partial charge on any atom is -0.508 e. The molecule has 0 aromatic heterocycles. The maximum Gasteiger partial charge on any atom is 0.116 e. The SMILES string of the molecule is CCCC1(CC)c2ccccc2-c2cc(O)ccc21. The van der Waals surface area contributed by atoms with E-state index in [2.05, 4.69) is 44.2 Å². The van der Waals surface area contributed by atoms with E-state index < -0.39 is 0 Å². The molecule has 0 bridgehead atoms. The van der Waals surface area contributed by atoms with Crippen LogP contribution in [0.3, 0.4) is 0 Å². The van der Waals surface area contributed by atoms with E-state index in [0.29, 0.717) is 5.75 Å². The van der Waals surface area contributed by atoms with Gasteiger partial charge in [0.05, 0.1) is 0 Å². The van der Waals surface area contributed by atoms with Crippen LogP contribution in [0.25, 0.3) is 11.1 Å². The van der Waals surface area contributed by atoms with Crippen molar-refractivity contribution >= 4 is 0 Å². The Hall–Kier alpha value is -1.76. The van der Waals surface area contributed by atoms with E-state index in [1.807, 2.05) is 12.1 Å². The average molecular weight is 252 g/mol. The topological polar surface area (TPSA) is 20.2 Å². The van der Waals surface area contributed by atoms with Crippen LogP contribution >= 0.6 is 0 Å². The average Bonchev–Trinajstić information content (AvgIpc) is 2.70. The van der Waals surface area contributed by atoms with Crippen molar-refractivity contribution in [2.45, 2.75) is 38.5 Å². The van der Waals surface area contributed by atoms with Gasteiger partial charge in [0.15, 0.2) is 0 Å². The smallest absolute Gasteiger partial charge is 0.116 e. The molecule has 2 aromatic carbocycles. The Morgan fingerprint density at radius 2 is 1.68 bits per heavy atom. The zero-order chi connectivity index (χ0) is 13.5. The zero-order valence-corrected chi connectivity index (χ0v) is 11.6. The molecule has 19 heavy (non-hydrogen) atoms. The van der Waals surface area contributed by atoms with Gasteiger partial charge in [-0.2, -0.15) is 0 Å². The molecular formula is C18H20O. The van der Waals surface area contributed by atoms with Gasteiger partial charge in [-0.15, -0.1) is 0 Å². The summed E-state index contributed by atoms with van der Waals surface area (Å²) in [5, 5.41) is 9.79. The summed E-state index contributed by atoms with van der Waals surface area (Å²) >= 11 is 0. The van der Waals surface area contributed by atoms with Crippen molar-refractivity contribution in [1.82, 2.24) is 0 Å². The van der Waals surface area contributed by atoms with E-state index in [1.165, 1.54) is 28.7 Å². The molecule has 0 heterocycles. The normalized spacial score (nSPS) is 20.1. The molecule has 98 valence electrons. The van der Waals surface area contributed by atoms with Gasteiger partial charge in [0, 0.05) is 5.41 Å². The molecule has 1 atom stereocenters. The molecule has 2 aromatic rings. The lowest BCUT2D eigenvalue weighted by molar-refractivity contribution is 0.457. The summed E-state index contributed by atoms with van der Waals surface area (Å²) in [6.45, 7) is 4.52. The molecule has 1 unspecified atom stereocenters. The fourth-order valence-electron chi connectivity index (χ4n) is 3.71. The van der Waals surface area contributed by atoms with Crippen LogP contribution in [0.5, 0.6) is 5.75 Å². The first-order valence-electron chi connectivity index (χ1n) is 7.16. The van der Waals surface area contributed by atoms with E-state index in [4.69, 9.17) is 0 Å². The lowest BCUT2D eigenvalue weighted by atomic mass is 9.73. The first-order chi connectivity index (χ1) is 9.23. The summed E-state index contributed by atoms with van der Waals surface area (Å²) in [7, 11) is 0. The molecule has 0 spiro atoms. The van der Waals surface area contributed by atoms with Crippen LogP contribution in [-0.4, -0.2) is 5.11 Å². The highest BCUT2D eigenvalue weighted by molar-refractivity contribution is 5.81. The number of phenols is 1. The Kier molecular flexibility index (Phi) is 2.85. The van der Waals surface area contributed by atoms with Crippen LogP contribution in [0.1, 0.15) is 44.2 Å². The predicted molar refractivity (Wildman–Crippen MR) is 79.5 cm³/mol. The highest BCUT2D eigenvalue weighted by Crippen LogP contribution is 2.53. The molecule has 1 heteroatoms. The number of hydrogen-bond acceptors (Lipinski definition) is 1. The number of hydrogen-bond donors (Lipinski definition) is 1. The number of rotatable bonds is 3. The van der Waals surface area contributed by atoms with Crippen LogP contribution < -0.4 is 0 Å². The fraction of sp³-hybridized carbons (Fsp3) is 0.333. The Labute approximate surface area is 114 Å². The van der Waals surface area contributed by atoms with Gasteiger partial charge in [-0.3, -0.25) is 0 Å². The van der Waals surface area contributed by atoms with Crippen molar-refractivity contribution in [2.75, 3.05) is 0 Å². The van der Waals surface area contributed by atoms with E-state index in [-0.39, 0.29) is 5.41 Å². The molecule has 0 amide bonds. The fourth-order valence-corrected chi connectivity index (χ4v) is 3.71. The van der Waals surface area contributed by atoms with Crippen molar-refractivity contribution in [1.29, 1.82) is 0 Å². The highest BCUT2D eigenvalue weighted by atomic mass is 16.3. The zero-order valence-electron chi connectivity index (χ0n) is 11.6. The molecule has 1 nitrogen and oxygen atoms in total. The molecule has 0 saturated heterocycles. The summed E-state index contributed by atoms with van der Waals surface area (Å²) in [6.07, 6.45) is 3.44. The van der Waals surface area contributed by atoms with Crippen molar-refractivity contribution in [2.24, 2.45) is 0 Å². The molecule has 0 aliphatic heterocycles. The molecular weight excluding hydrogens is 232 g/mol. The van der Waals surface area contributed by atoms with Crippen LogP contribution in [0, 0.1) is 0 Å². The Balaban J connectivity index is 2.33. The second-order valence-electron chi connectivity index (χ2n) is 5.46. The summed E-state index contributed by atoms with van der Waals surface area (Å²) in [5.41, 5.74) is 5.46. The quantitative estimate of drug-likeness (QED) is 0.826. The van der Waals surface area contributed by atoms with E-state index in [0.717, 1.165) is 12.8 Å². The summed E-state index contributed by atoms with van der Waals surface area (Å²) < 4.78 is 0. The molecule has 0 saturated carbocycles. The van der Waals surface area contributed by atoms with Gasteiger partial charge in [-0.05, 0) is 47.2 Å². The lowest BCUT2D eigenvalue weighted by Crippen LogP contribution is -2.23. The number of aromatic hydroxyl groups is 1. The maximum atomic E-state index is 9.79. The van der Waals surface area contributed by atoms with E-state index in [1.54, 1.807) is 0 Å². The first-order valence-corrected chi connectivity index (χ1v) is 7.16. The van der Waals surface area contributed by atoms with Crippen LogP contribution in [-0.2, 0) is 5.41 Å².